The number of hydrogen-bond acceptors (Lipinski definition) is 4. The lowest BCUT2D eigenvalue weighted by Crippen LogP contribution is -2.34. The Balaban J connectivity index is 1.56. The highest BCUT2D eigenvalue weighted by Crippen LogP contribution is 2.22. The maximum absolute atomic E-state index is 5.64. The number of nitrogens with two attached hydrogens (primary N) is 1. The van der Waals surface area contributed by atoms with E-state index >= 15 is 0 Å². The summed E-state index contributed by atoms with van der Waals surface area (Å²) < 4.78 is 2.34. The Morgan fingerprint density at radius 1 is 1.11 bits per heavy atom. The van der Waals surface area contributed by atoms with Gasteiger partial charge in [0.2, 0.25) is 0 Å². The normalized spacial score (nSPS) is 21.5. The van der Waals surface area contributed by atoms with E-state index in [0.29, 0.717) is 0 Å². The predicted molar refractivity (Wildman–Crippen MR) is 74.6 cm³/mol. The molecule has 1 aromatic heterocycles. The van der Waals surface area contributed by atoms with Crippen LogP contribution in [0.25, 0.3) is 0 Å². The molecule has 3 rings (SSSR count). The fourth-order valence-electron chi connectivity index (χ4n) is 3.35. The first kappa shape index (κ1) is 13.1. The van der Waals surface area contributed by atoms with Gasteiger partial charge in [0.1, 0.15) is 11.6 Å². The number of hydrogen-bond donors (Lipinski definition) is 1. The zero-order valence-electron chi connectivity index (χ0n) is 11.7. The molecule has 1 saturated heterocycles. The lowest BCUT2D eigenvalue weighted by Gasteiger charge is -2.31. The van der Waals surface area contributed by atoms with E-state index in [-0.39, 0.29) is 0 Å². The van der Waals surface area contributed by atoms with Crippen molar-refractivity contribution in [3.8, 4) is 0 Å². The van der Waals surface area contributed by atoms with Crippen LogP contribution in [0.4, 0.5) is 0 Å². The molecule has 0 radical (unpaired) electrons. The van der Waals surface area contributed by atoms with Gasteiger partial charge in [-0.05, 0) is 57.7 Å². The minimum Gasteiger partial charge on any atom is -0.330 e. The van der Waals surface area contributed by atoms with E-state index in [0.717, 1.165) is 32.0 Å². The van der Waals surface area contributed by atoms with Gasteiger partial charge in [-0.2, -0.15) is 0 Å². The first-order valence-electron chi connectivity index (χ1n) is 7.70. The maximum atomic E-state index is 5.64. The summed E-state index contributed by atoms with van der Waals surface area (Å²) in [7, 11) is 0. The van der Waals surface area contributed by atoms with Gasteiger partial charge in [0, 0.05) is 13.0 Å². The molecule has 2 aliphatic rings. The summed E-state index contributed by atoms with van der Waals surface area (Å²) >= 11 is 0. The molecule has 3 heterocycles. The van der Waals surface area contributed by atoms with Crippen LogP contribution in [-0.4, -0.2) is 39.3 Å². The first-order chi connectivity index (χ1) is 9.36. The van der Waals surface area contributed by atoms with E-state index in [9.17, 15) is 0 Å². The van der Waals surface area contributed by atoms with Gasteiger partial charge in [-0.15, -0.1) is 10.2 Å². The standard InChI is InChI=1S/C14H25N5/c15-7-4-12-5-9-18(10-6-12)11-14-17-16-13-3-1-2-8-19(13)14/h12H,1-11,15H2. The van der Waals surface area contributed by atoms with E-state index in [2.05, 4.69) is 19.7 Å². The van der Waals surface area contributed by atoms with Gasteiger partial charge >= 0.3 is 0 Å². The molecule has 0 aliphatic carbocycles. The molecule has 1 aromatic rings. The second kappa shape index (κ2) is 6.01. The molecule has 19 heavy (non-hydrogen) atoms. The molecular formula is C14H25N5. The van der Waals surface area contributed by atoms with E-state index in [1.54, 1.807) is 0 Å². The lowest BCUT2D eigenvalue weighted by molar-refractivity contribution is 0.167. The van der Waals surface area contributed by atoms with Crippen LogP contribution in [0, 0.1) is 5.92 Å². The minimum atomic E-state index is 0.836. The minimum absolute atomic E-state index is 0.836. The summed E-state index contributed by atoms with van der Waals surface area (Å²) in [6.45, 7) is 5.30. The maximum Gasteiger partial charge on any atom is 0.147 e. The van der Waals surface area contributed by atoms with Crippen LogP contribution >= 0.6 is 0 Å². The third-order valence-corrected chi connectivity index (χ3v) is 4.58. The summed E-state index contributed by atoms with van der Waals surface area (Å²) in [5, 5.41) is 8.73. The molecular weight excluding hydrogens is 238 g/mol. The number of nitrogens with zero attached hydrogens (tertiary/aromatic N) is 4. The number of aryl methyl sites for hydroxylation is 1. The Labute approximate surface area is 115 Å². The van der Waals surface area contributed by atoms with E-state index in [1.165, 1.54) is 56.8 Å². The van der Waals surface area contributed by atoms with Gasteiger partial charge in [-0.25, -0.2) is 0 Å². The third kappa shape index (κ3) is 2.98. The molecule has 0 bridgehead atoms. The van der Waals surface area contributed by atoms with Crippen LogP contribution in [0.2, 0.25) is 0 Å². The average molecular weight is 263 g/mol. The summed E-state index contributed by atoms with van der Waals surface area (Å²) in [4.78, 5) is 2.53. The van der Waals surface area contributed by atoms with Crippen molar-refractivity contribution in [3.63, 3.8) is 0 Å². The molecule has 0 unspecified atom stereocenters. The van der Waals surface area contributed by atoms with Crippen LogP contribution in [-0.2, 0) is 19.5 Å². The van der Waals surface area contributed by atoms with Crippen molar-refractivity contribution in [1.82, 2.24) is 19.7 Å². The molecule has 0 atom stereocenters. The van der Waals surface area contributed by atoms with Crippen molar-refractivity contribution < 1.29 is 0 Å². The van der Waals surface area contributed by atoms with Crippen molar-refractivity contribution >= 4 is 0 Å². The summed E-state index contributed by atoms with van der Waals surface area (Å²) in [5.41, 5.74) is 5.64. The van der Waals surface area contributed by atoms with Crippen LogP contribution in [0.5, 0.6) is 0 Å². The Morgan fingerprint density at radius 2 is 1.95 bits per heavy atom. The quantitative estimate of drug-likeness (QED) is 0.886. The van der Waals surface area contributed by atoms with Gasteiger partial charge < -0.3 is 10.3 Å². The van der Waals surface area contributed by atoms with Crippen molar-refractivity contribution in [2.24, 2.45) is 11.7 Å². The first-order valence-corrected chi connectivity index (χ1v) is 7.70. The Kier molecular flexibility index (Phi) is 4.13. The Morgan fingerprint density at radius 3 is 2.74 bits per heavy atom. The average Bonchev–Trinajstić information content (AvgIpc) is 2.85. The van der Waals surface area contributed by atoms with Crippen LogP contribution in [0.15, 0.2) is 0 Å². The van der Waals surface area contributed by atoms with E-state index < -0.39 is 0 Å². The van der Waals surface area contributed by atoms with Crippen LogP contribution in [0.3, 0.4) is 0 Å². The van der Waals surface area contributed by atoms with E-state index in [4.69, 9.17) is 5.73 Å². The van der Waals surface area contributed by atoms with Crippen molar-refractivity contribution in [2.75, 3.05) is 19.6 Å². The predicted octanol–water partition coefficient (Wildman–Crippen LogP) is 1.18. The molecule has 2 N–H and O–H groups in total. The molecule has 5 nitrogen and oxygen atoms in total. The zero-order valence-corrected chi connectivity index (χ0v) is 11.7. The highest BCUT2D eigenvalue weighted by Gasteiger charge is 2.22. The van der Waals surface area contributed by atoms with Crippen LogP contribution in [0.1, 0.15) is 43.8 Å². The molecule has 0 saturated carbocycles. The molecule has 2 aliphatic heterocycles. The fourth-order valence-corrected chi connectivity index (χ4v) is 3.35. The van der Waals surface area contributed by atoms with Gasteiger partial charge in [-0.1, -0.05) is 0 Å². The molecule has 0 aromatic carbocycles. The number of aromatic nitrogens is 3. The monoisotopic (exact) mass is 263 g/mol. The summed E-state index contributed by atoms with van der Waals surface area (Å²) in [6, 6.07) is 0. The Bertz CT molecular complexity index is 406. The molecule has 1 fully saturated rings. The van der Waals surface area contributed by atoms with Crippen molar-refractivity contribution in [3.05, 3.63) is 11.6 Å². The largest absolute Gasteiger partial charge is 0.330 e. The van der Waals surface area contributed by atoms with Crippen molar-refractivity contribution in [2.45, 2.75) is 51.6 Å². The van der Waals surface area contributed by atoms with Gasteiger partial charge in [0.25, 0.3) is 0 Å². The Hall–Kier alpha value is -0.940. The SMILES string of the molecule is NCCC1CCN(Cc2nnc3n2CCCC3)CC1. The molecule has 0 amide bonds. The zero-order chi connectivity index (χ0) is 13.1. The van der Waals surface area contributed by atoms with Crippen LogP contribution < -0.4 is 5.73 Å². The molecule has 0 spiro atoms. The number of rotatable bonds is 4. The second-order valence-corrected chi connectivity index (χ2v) is 5.94. The van der Waals surface area contributed by atoms with E-state index in [1.807, 2.05) is 0 Å². The fraction of sp³-hybridized carbons (Fsp3) is 0.857. The number of fused-ring (bicyclic) bond motifs is 1. The highest BCUT2D eigenvalue weighted by molar-refractivity contribution is 4.99. The van der Waals surface area contributed by atoms with Crippen molar-refractivity contribution in [1.29, 1.82) is 0 Å². The second-order valence-electron chi connectivity index (χ2n) is 5.94. The van der Waals surface area contributed by atoms with Gasteiger partial charge in [-0.3, -0.25) is 4.90 Å². The summed E-state index contributed by atoms with van der Waals surface area (Å²) in [6.07, 6.45) is 7.41. The number of likely N-dealkylation sites (tertiary alicyclic amines) is 1. The topological polar surface area (TPSA) is 60.0 Å². The van der Waals surface area contributed by atoms with Gasteiger partial charge in [0.05, 0.1) is 6.54 Å². The number of piperidine rings is 1. The lowest BCUT2D eigenvalue weighted by atomic mass is 9.94. The summed E-state index contributed by atoms with van der Waals surface area (Å²) in [5.74, 6) is 3.21. The smallest absolute Gasteiger partial charge is 0.147 e. The third-order valence-electron chi connectivity index (χ3n) is 4.58. The van der Waals surface area contributed by atoms with Gasteiger partial charge in [0.15, 0.2) is 0 Å². The highest BCUT2D eigenvalue weighted by atomic mass is 15.3. The molecule has 106 valence electrons. The molecule has 5 heteroatoms.